The molecule has 0 radical (unpaired) electrons. The van der Waals surface area contributed by atoms with Gasteiger partial charge in [-0.15, -0.1) is 22.7 Å². The molecule has 0 saturated carbocycles. The Morgan fingerprint density at radius 1 is 0.789 bits per heavy atom. The first kappa shape index (κ1) is 11.1. The molecule has 1 aromatic carbocycles. The Morgan fingerprint density at radius 3 is 2.05 bits per heavy atom. The maximum Gasteiger partial charge on any atom is 0.0821 e. The average Bonchev–Trinajstić information content (AvgIpc) is 3.08. The number of hydrogen-bond donors (Lipinski definition) is 0. The molecular weight excluding hydrogens is 270 g/mol. The van der Waals surface area contributed by atoms with Gasteiger partial charge >= 0.3 is 0 Å². The summed E-state index contributed by atoms with van der Waals surface area (Å²) in [6.07, 6.45) is 0.984. The van der Waals surface area contributed by atoms with Crippen LogP contribution >= 0.6 is 22.7 Å². The minimum Gasteiger partial charge on any atom is -0.246 e. The van der Waals surface area contributed by atoms with Gasteiger partial charge in [-0.1, -0.05) is 30.3 Å². The van der Waals surface area contributed by atoms with E-state index in [9.17, 15) is 0 Å². The lowest BCUT2D eigenvalue weighted by Gasteiger charge is -2.05. The second kappa shape index (κ2) is 4.44. The zero-order valence-electron chi connectivity index (χ0n) is 10.2. The number of nitrogens with zero attached hydrogens (tertiary/aromatic N) is 1. The molecule has 1 nitrogen and oxygen atoms in total. The van der Waals surface area contributed by atoms with Crippen LogP contribution in [0.4, 0.5) is 0 Å². The maximum absolute atomic E-state index is 4.72. The highest BCUT2D eigenvalue weighted by atomic mass is 32.1. The van der Waals surface area contributed by atoms with Crippen LogP contribution in [-0.2, 0) is 6.42 Å². The molecule has 19 heavy (non-hydrogen) atoms. The quantitative estimate of drug-likeness (QED) is 0.498. The van der Waals surface area contributed by atoms with Crippen molar-refractivity contribution < 1.29 is 0 Å². The number of pyridine rings is 1. The Hall–Kier alpha value is -1.71. The van der Waals surface area contributed by atoms with E-state index in [1.165, 1.54) is 20.5 Å². The molecule has 0 aliphatic rings. The van der Waals surface area contributed by atoms with Crippen molar-refractivity contribution in [2.75, 3.05) is 0 Å². The highest BCUT2D eigenvalue weighted by Crippen LogP contribution is 2.34. The Morgan fingerprint density at radius 2 is 1.42 bits per heavy atom. The van der Waals surface area contributed by atoms with Gasteiger partial charge in [0.15, 0.2) is 0 Å². The number of aromatic nitrogens is 1. The number of hydrogen-bond acceptors (Lipinski definition) is 3. The van der Waals surface area contributed by atoms with Crippen LogP contribution in [-0.4, -0.2) is 4.98 Å². The molecule has 0 aliphatic heterocycles. The number of benzene rings is 1. The summed E-state index contributed by atoms with van der Waals surface area (Å²) in [4.78, 5) is 4.72. The van der Waals surface area contributed by atoms with Crippen molar-refractivity contribution in [3.8, 4) is 0 Å². The van der Waals surface area contributed by atoms with Gasteiger partial charge in [0.25, 0.3) is 0 Å². The van der Waals surface area contributed by atoms with Gasteiger partial charge in [-0.3, -0.25) is 0 Å². The lowest BCUT2D eigenvalue weighted by atomic mass is 10.1. The van der Waals surface area contributed by atoms with E-state index in [4.69, 9.17) is 4.98 Å². The third-order valence-electron chi connectivity index (χ3n) is 3.30. The second-order valence-corrected chi connectivity index (χ2v) is 6.35. The molecular formula is C16H11NS2. The lowest BCUT2D eigenvalue weighted by Crippen LogP contribution is -1.90. The van der Waals surface area contributed by atoms with Crippen LogP contribution in [0, 0.1) is 0 Å². The van der Waals surface area contributed by atoms with Crippen LogP contribution in [0.2, 0.25) is 0 Å². The third kappa shape index (κ3) is 1.86. The first-order valence-electron chi connectivity index (χ1n) is 6.19. The Bertz CT molecular complexity index is 794. The molecule has 4 rings (SSSR count). The molecule has 3 heterocycles. The van der Waals surface area contributed by atoms with Gasteiger partial charge in [-0.2, -0.15) is 0 Å². The lowest BCUT2D eigenvalue weighted by molar-refractivity contribution is 1.24. The van der Waals surface area contributed by atoms with E-state index in [1.807, 2.05) is 0 Å². The van der Waals surface area contributed by atoms with Crippen molar-refractivity contribution in [1.29, 1.82) is 0 Å². The summed E-state index contributed by atoms with van der Waals surface area (Å²) in [5.74, 6) is 0. The standard InChI is InChI=1S/C16H11NS2/c1-2-4-11(5-3-1)10-12-15-13(6-8-18-15)17-14-7-9-19-16(12)14/h1-9H,10H2. The molecule has 0 bridgehead atoms. The predicted molar refractivity (Wildman–Crippen MR) is 84.3 cm³/mol. The second-order valence-electron chi connectivity index (χ2n) is 4.52. The van der Waals surface area contributed by atoms with E-state index >= 15 is 0 Å². The van der Waals surface area contributed by atoms with Gasteiger partial charge in [0.2, 0.25) is 0 Å². The number of fused-ring (bicyclic) bond motifs is 2. The largest absolute Gasteiger partial charge is 0.246 e. The molecule has 3 heteroatoms. The monoisotopic (exact) mass is 281 g/mol. The minimum atomic E-state index is 0.984. The van der Waals surface area contributed by atoms with Crippen LogP contribution in [0.15, 0.2) is 53.2 Å². The van der Waals surface area contributed by atoms with Crippen LogP contribution in [0.1, 0.15) is 11.1 Å². The summed E-state index contributed by atoms with van der Waals surface area (Å²) in [6.45, 7) is 0. The molecule has 0 aliphatic carbocycles. The zero-order chi connectivity index (χ0) is 12.7. The van der Waals surface area contributed by atoms with Crippen molar-refractivity contribution in [2.45, 2.75) is 6.42 Å². The Labute approximate surface area is 119 Å². The van der Waals surface area contributed by atoms with E-state index in [2.05, 4.69) is 53.2 Å². The summed E-state index contributed by atoms with van der Waals surface area (Å²) in [6, 6.07) is 14.9. The smallest absolute Gasteiger partial charge is 0.0821 e. The van der Waals surface area contributed by atoms with Crippen molar-refractivity contribution >= 4 is 43.1 Å². The summed E-state index contributed by atoms with van der Waals surface area (Å²) in [5, 5.41) is 4.27. The number of thiophene rings is 2. The van der Waals surface area contributed by atoms with Crippen LogP contribution in [0.5, 0.6) is 0 Å². The van der Waals surface area contributed by atoms with Crippen molar-refractivity contribution in [2.24, 2.45) is 0 Å². The van der Waals surface area contributed by atoms with E-state index < -0.39 is 0 Å². The third-order valence-corrected chi connectivity index (χ3v) is 5.23. The average molecular weight is 281 g/mol. The first-order chi connectivity index (χ1) is 9.42. The normalized spacial score (nSPS) is 11.4. The predicted octanol–water partition coefficient (Wildman–Crippen LogP) is 5.10. The van der Waals surface area contributed by atoms with Gasteiger partial charge in [0.05, 0.1) is 20.4 Å². The Balaban J connectivity index is 1.98. The molecule has 0 spiro atoms. The fourth-order valence-corrected chi connectivity index (χ4v) is 4.26. The summed E-state index contributed by atoms with van der Waals surface area (Å²) < 4.78 is 2.66. The molecule has 0 amide bonds. The van der Waals surface area contributed by atoms with E-state index in [0.717, 1.165) is 17.5 Å². The Kier molecular flexibility index (Phi) is 2.60. The summed E-state index contributed by atoms with van der Waals surface area (Å²) >= 11 is 3.59. The van der Waals surface area contributed by atoms with Crippen LogP contribution < -0.4 is 0 Å². The van der Waals surface area contributed by atoms with Crippen LogP contribution in [0.3, 0.4) is 0 Å². The first-order valence-corrected chi connectivity index (χ1v) is 7.95. The van der Waals surface area contributed by atoms with Gasteiger partial charge in [-0.05, 0) is 34.0 Å². The van der Waals surface area contributed by atoms with Gasteiger partial charge in [0.1, 0.15) is 0 Å². The minimum absolute atomic E-state index is 0.984. The fourth-order valence-electron chi connectivity index (χ4n) is 2.43. The SMILES string of the molecule is c1ccc(Cc2c3sccc3nc3ccsc23)cc1. The molecule has 4 aromatic rings. The van der Waals surface area contributed by atoms with Crippen molar-refractivity contribution in [1.82, 2.24) is 4.98 Å². The number of rotatable bonds is 2. The van der Waals surface area contributed by atoms with E-state index in [0.29, 0.717) is 0 Å². The molecule has 0 unspecified atom stereocenters. The van der Waals surface area contributed by atoms with Crippen LogP contribution in [0.25, 0.3) is 20.4 Å². The van der Waals surface area contributed by atoms with E-state index in [1.54, 1.807) is 22.7 Å². The van der Waals surface area contributed by atoms with Gasteiger partial charge < -0.3 is 0 Å². The van der Waals surface area contributed by atoms with Gasteiger partial charge in [0, 0.05) is 6.42 Å². The topological polar surface area (TPSA) is 12.9 Å². The molecule has 0 atom stereocenters. The zero-order valence-corrected chi connectivity index (χ0v) is 11.8. The molecule has 92 valence electrons. The highest BCUT2D eigenvalue weighted by Gasteiger charge is 2.11. The molecule has 0 saturated heterocycles. The highest BCUT2D eigenvalue weighted by molar-refractivity contribution is 7.19. The van der Waals surface area contributed by atoms with Crippen molar-refractivity contribution in [3.63, 3.8) is 0 Å². The molecule has 0 N–H and O–H groups in total. The maximum atomic E-state index is 4.72. The van der Waals surface area contributed by atoms with Crippen molar-refractivity contribution in [3.05, 3.63) is 64.4 Å². The summed E-state index contributed by atoms with van der Waals surface area (Å²) in [7, 11) is 0. The molecule has 3 aromatic heterocycles. The fraction of sp³-hybridized carbons (Fsp3) is 0.0625. The molecule has 0 fully saturated rings. The van der Waals surface area contributed by atoms with E-state index in [-0.39, 0.29) is 0 Å². The van der Waals surface area contributed by atoms with Gasteiger partial charge in [-0.25, -0.2) is 4.98 Å². The summed E-state index contributed by atoms with van der Waals surface area (Å²) in [5.41, 5.74) is 5.04.